The van der Waals surface area contributed by atoms with Crippen LogP contribution >= 0.6 is 0 Å². The van der Waals surface area contributed by atoms with Gasteiger partial charge < -0.3 is 10.1 Å². The van der Waals surface area contributed by atoms with Crippen LogP contribution in [0.3, 0.4) is 0 Å². The molecule has 0 saturated carbocycles. The Morgan fingerprint density at radius 1 is 1.33 bits per heavy atom. The first-order valence-electron chi connectivity index (χ1n) is 6.38. The summed E-state index contributed by atoms with van der Waals surface area (Å²) in [7, 11) is 1.42. The number of ether oxygens (including phenoxy) is 1. The van der Waals surface area contributed by atoms with Gasteiger partial charge in [-0.05, 0) is 19.3 Å². The molecule has 5 nitrogen and oxygen atoms in total. The molecule has 0 unspecified atom stereocenters. The van der Waals surface area contributed by atoms with E-state index in [9.17, 15) is 4.79 Å². The summed E-state index contributed by atoms with van der Waals surface area (Å²) in [6, 6.07) is 1.97. The minimum Gasteiger partial charge on any atom is -0.469 e. The van der Waals surface area contributed by atoms with Crippen molar-refractivity contribution in [3.8, 4) is 0 Å². The molecule has 1 N–H and O–H groups in total. The van der Waals surface area contributed by atoms with Crippen molar-refractivity contribution in [2.45, 2.75) is 39.0 Å². The summed E-state index contributed by atoms with van der Waals surface area (Å²) in [5.74, 6) is 0.737. The fraction of sp³-hybridized carbons (Fsp3) is 0.615. The van der Waals surface area contributed by atoms with Gasteiger partial charge in [0.2, 0.25) is 0 Å². The lowest BCUT2D eigenvalue weighted by atomic mass is 10.2. The Morgan fingerprint density at radius 3 is 2.89 bits per heavy atom. The highest BCUT2D eigenvalue weighted by molar-refractivity contribution is 5.68. The molecule has 0 spiro atoms. The molecule has 0 aromatic carbocycles. The molecule has 0 aliphatic rings. The number of anilines is 1. The molecule has 0 bridgehead atoms. The lowest BCUT2D eigenvalue weighted by molar-refractivity contribution is -0.140. The first-order valence-corrected chi connectivity index (χ1v) is 6.38. The summed E-state index contributed by atoms with van der Waals surface area (Å²) in [4.78, 5) is 19.2. The third-order valence-corrected chi connectivity index (χ3v) is 2.68. The van der Waals surface area contributed by atoms with Crippen molar-refractivity contribution in [1.29, 1.82) is 0 Å². The molecule has 0 amide bonds. The SMILES string of the molecule is CCc1cc(NCCCCCC(=O)OC)ncn1. The zero-order valence-electron chi connectivity index (χ0n) is 11.1. The predicted octanol–water partition coefficient (Wildman–Crippen LogP) is 2.18. The van der Waals surface area contributed by atoms with E-state index in [0.29, 0.717) is 6.42 Å². The number of nitrogens with zero attached hydrogens (tertiary/aromatic N) is 2. The third-order valence-electron chi connectivity index (χ3n) is 2.68. The number of carbonyl (C=O) groups excluding carboxylic acids is 1. The quantitative estimate of drug-likeness (QED) is 0.566. The topological polar surface area (TPSA) is 64.1 Å². The molecule has 100 valence electrons. The van der Waals surface area contributed by atoms with Crippen LogP contribution in [0.4, 0.5) is 5.82 Å². The van der Waals surface area contributed by atoms with Crippen molar-refractivity contribution in [1.82, 2.24) is 9.97 Å². The van der Waals surface area contributed by atoms with Gasteiger partial charge in [-0.15, -0.1) is 0 Å². The minimum atomic E-state index is -0.133. The number of methoxy groups -OCH3 is 1. The second-order valence-electron chi connectivity index (χ2n) is 4.06. The molecule has 5 heteroatoms. The van der Waals surface area contributed by atoms with Crippen LogP contribution in [0.15, 0.2) is 12.4 Å². The summed E-state index contributed by atoms with van der Waals surface area (Å²) < 4.78 is 4.58. The molecular formula is C13H21N3O2. The molecule has 0 atom stereocenters. The van der Waals surface area contributed by atoms with Gasteiger partial charge in [-0.1, -0.05) is 13.3 Å². The molecule has 1 aromatic rings. The van der Waals surface area contributed by atoms with Crippen LogP contribution in [-0.4, -0.2) is 29.6 Å². The van der Waals surface area contributed by atoms with Gasteiger partial charge in [0.15, 0.2) is 0 Å². The molecule has 1 rings (SSSR count). The highest BCUT2D eigenvalue weighted by Crippen LogP contribution is 2.06. The monoisotopic (exact) mass is 251 g/mol. The third kappa shape index (κ3) is 5.61. The van der Waals surface area contributed by atoms with Crippen molar-refractivity contribution < 1.29 is 9.53 Å². The first-order chi connectivity index (χ1) is 8.76. The second-order valence-corrected chi connectivity index (χ2v) is 4.06. The van der Waals surface area contributed by atoms with Crippen LogP contribution < -0.4 is 5.32 Å². The number of aromatic nitrogens is 2. The molecule has 0 saturated heterocycles. The van der Waals surface area contributed by atoms with E-state index in [1.54, 1.807) is 6.33 Å². The van der Waals surface area contributed by atoms with Gasteiger partial charge in [-0.2, -0.15) is 0 Å². The Morgan fingerprint density at radius 2 is 2.17 bits per heavy atom. The van der Waals surface area contributed by atoms with Gasteiger partial charge in [-0.25, -0.2) is 9.97 Å². The maximum absolute atomic E-state index is 10.9. The molecule has 0 aliphatic heterocycles. The van der Waals surface area contributed by atoms with Crippen LogP contribution in [0.5, 0.6) is 0 Å². The molecule has 1 heterocycles. The van der Waals surface area contributed by atoms with E-state index in [-0.39, 0.29) is 5.97 Å². The zero-order chi connectivity index (χ0) is 13.2. The minimum absolute atomic E-state index is 0.133. The van der Waals surface area contributed by atoms with Crippen LogP contribution in [0.1, 0.15) is 38.3 Å². The normalized spacial score (nSPS) is 10.1. The summed E-state index contributed by atoms with van der Waals surface area (Å²) in [5.41, 5.74) is 1.04. The maximum atomic E-state index is 10.9. The number of aryl methyl sites for hydroxylation is 1. The number of unbranched alkanes of at least 4 members (excludes halogenated alkanes) is 2. The zero-order valence-corrected chi connectivity index (χ0v) is 11.1. The predicted molar refractivity (Wildman–Crippen MR) is 70.4 cm³/mol. The average Bonchev–Trinajstić information content (AvgIpc) is 2.42. The number of hydrogen-bond acceptors (Lipinski definition) is 5. The largest absolute Gasteiger partial charge is 0.469 e. The van der Waals surface area contributed by atoms with Crippen LogP contribution in [0.2, 0.25) is 0 Å². The Kier molecular flexibility index (Phi) is 6.76. The number of nitrogens with one attached hydrogen (secondary N) is 1. The van der Waals surface area contributed by atoms with Gasteiger partial charge in [0, 0.05) is 24.7 Å². The Hall–Kier alpha value is -1.65. The Balaban J connectivity index is 2.12. The van der Waals surface area contributed by atoms with Crippen LogP contribution in [-0.2, 0) is 16.0 Å². The highest BCUT2D eigenvalue weighted by atomic mass is 16.5. The van der Waals surface area contributed by atoms with E-state index < -0.39 is 0 Å². The average molecular weight is 251 g/mol. The Bertz CT molecular complexity index is 369. The lowest BCUT2D eigenvalue weighted by Gasteiger charge is -2.06. The summed E-state index contributed by atoms with van der Waals surface area (Å²) in [5, 5.41) is 3.25. The highest BCUT2D eigenvalue weighted by Gasteiger charge is 1.99. The molecule has 1 aromatic heterocycles. The van der Waals surface area contributed by atoms with Crippen molar-refractivity contribution >= 4 is 11.8 Å². The number of esters is 1. The van der Waals surface area contributed by atoms with Gasteiger partial charge in [0.05, 0.1) is 7.11 Å². The van der Waals surface area contributed by atoms with E-state index in [0.717, 1.165) is 43.7 Å². The van der Waals surface area contributed by atoms with Crippen molar-refractivity contribution in [2.24, 2.45) is 0 Å². The summed E-state index contributed by atoms with van der Waals surface area (Å²) >= 11 is 0. The van der Waals surface area contributed by atoms with Crippen molar-refractivity contribution in [3.63, 3.8) is 0 Å². The van der Waals surface area contributed by atoms with Crippen molar-refractivity contribution in [3.05, 3.63) is 18.1 Å². The number of hydrogen-bond donors (Lipinski definition) is 1. The summed E-state index contributed by atoms with van der Waals surface area (Å²) in [6.07, 6.45) is 5.90. The van der Waals surface area contributed by atoms with E-state index in [2.05, 4.69) is 26.9 Å². The smallest absolute Gasteiger partial charge is 0.305 e. The van der Waals surface area contributed by atoms with E-state index in [4.69, 9.17) is 0 Å². The lowest BCUT2D eigenvalue weighted by Crippen LogP contribution is -2.05. The molecule has 18 heavy (non-hydrogen) atoms. The van der Waals surface area contributed by atoms with Gasteiger partial charge in [0.25, 0.3) is 0 Å². The standard InChI is InChI=1S/C13H21N3O2/c1-3-11-9-12(16-10-15-11)14-8-6-4-5-7-13(17)18-2/h9-10H,3-8H2,1-2H3,(H,14,15,16). The fourth-order valence-electron chi connectivity index (χ4n) is 1.58. The van der Waals surface area contributed by atoms with Crippen molar-refractivity contribution in [2.75, 3.05) is 19.0 Å². The number of rotatable bonds is 8. The molecule has 0 fully saturated rings. The fourth-order valence-corrected chi connectivity index (χ4v) is 1.58. The molecule has 0 radical (unpaired) electrons. The van der Waals surface area contributed by atoms with E-state index >= 15 is 0 Å². The van der Waals surface area contributed by atoms with Crippen LogP contribution in [0.25, 0.3) is 0 Å². The molecular weight excluding hydrogens is 230 g/mol. The maximum Gasteiger partial charge on any atom is 0.305 e. The van der Waals surface area contributed by atoms with Gasteiger partial charge in [-0.3, -0.25) is 4.79 Å². The molecule has 0 aliphatic carbocycles. The van der Waals surface area contributed by atoms with Gasteiger partial charge in [0.1, 0.15) is 12.1 Å². The number of carbonyl (C=O) groups is 1. The summed E-state index contributed by atoms with van der Waals surface area (Å²) in [6.45, 7) is 2.93. The van der Waals surface area contributed by atoms with Gasteiger partial charge >= 0.3 is 5.97 Å². The Labute approximate surface area is 108 Å². The van der Waals surface area contributed by atoms with Crippen LogP contribution in [0, 0.1) is 0 Å². The van der Waals surface area contributed by atoms with E-state index in [1.165, 1.54) is 7.11 Å². The second kappa shape index (κ2) is 8.44. The first kappa shape index (κ1) is 14.4. The van der Waals surface area contributed by atoms with E-state index in [1.807, 2.05) is 6.07 Å².